The van der Waals surface area contributed by atoms with Crippen molar-refractivity contribution in [2.24, 2.45) is 0 Å². The van der Waals surface area contributed by atoms with E-state index in [1.165, 1.54) is 0 Å². The van der Waals surface area contributed by atoms with Gasteiger partial charge >= 0.3 is 0 Å². The first-order valence-electron chi connectivity index (χ1n) is 6.25. The highest BCUT2D eigenvalue weighted by molar-refractivity contribution is 5.92. The van der Waals surface area contributed by atoms with Crippen LogP contribution in [0.2, 0.25) is 0 Å². The van der Waals surface area contributed by atoms with Gasteiger partial charge in [-0.25, -0.2) is 0 Å². The van der Waals surface area contributed by atoms with Crippen molar-refractivity contribution in [3.05, 3.63) is 29.8 Å². The second-order valence-corrected chi connectivity index (χ2v) is 4.34. The van der Waals surface area contributed by atoms with Gasteiger partial charge in [0.1, 0.15) is 6.07 Å². The highest BCUT2D eigenvalue weighted by Crippen LogP contribution is 2.13. The molecule has 1 aromatic rings. The van der Waals surface area contributed by atoms with E-state index < -0.39 is 0 Å². The van der Waals surface area contributed by atoms with Crippen LogP contribution in [0, 0.1) is 11.3 Å². The Morgan fingerprint density at radius 1 is 1.42 bits per heavy atom. The molecule has 1 amide bonds. The second-order valence-electron chi connectivity index (χ2n) is 4.34. The smallest absolute Gasteiger partial charge is 0.224 e. The average molecular weight is 261 g/mol. The number of aliphatic hydroxyl groups is 1. The van der Waals surface area contributed by atoms with Crippen LogP contribution in [0.1, 0.15) is 18.4 Å². The number of nitriles is 1. The quantitative estimate of drug-likeness (QED) is 0.773. The number of benzene rings is 1. The lowest BCUT2D eigenvalue weighted by atomic mass is 10.2. The number of nitrogens with one attached hydrogen (secondary N) is 1. The Morgan fingerprint density at radius 2 is 2.16 bits per heavy atom. The van der Waals surface area contributed by atoms with E-state index in [9.17, 15) is 4.79 Å². The molecule has 1 rings (SSSR count). The molecule has 0 aliphatic carbocycles. The van der Waals surface area contributed by atoms with E-state index in [0.29, 0.717) is 24.2 Å². The number of nitrogens with zero attached hydrogens (tertiary/aromatic N) is 2. The zero-order chi connectivity index (χ0) is 14.1. The van der Waals surface area contributed by atoms with Gasteiger partial charge in [-0.2, -0.15) is 5.26 Å². The lowest BCUT2D eigenvalue weighted by Gasteiger charge is -2.14. The van der Waals surface area contributed by atoms with Crippen LogP contribution in [-0.2, 0) is 4.79 Å². The summed E-state index contributed by atoms with van der Waals surface area (Å²) in [6.45, 7) is 1.49. The molecular formula is C14H19N3O2. The molecule has 0 unspecified atom stereocenters. The zero-order valence-corrected chi connectivity index (χ0v) is 11.1. The van der Waals surface area contributed by atoms with Gasteiger partial charge in [0, 0.05) is 13.0 Å². The first-order chi connectivity index (χ1) is 9.17. The first kappa shape index (κ1) is 15.2. The fourth-order valence-corrected chi connectivity index (χ4v) is 1.69. The Kier molecular flexibility index (Phi) is 6.58. The van der Waals surface area contributed by atoms with E-state index in [2.05, 4.69) is 5.32 Å². The molecule has 1 aromatic carbocycles. The highest BCUT2D eigenvalue weighted by Gasteiger charge is 2.06. The van der Waals surface area contributed by atoms with Gasteiger partial charge in [0.25, 0.3) is 0 Å². The SMILES string of the molecule is CN(CCO)CCCC(=O)Nc1ccccc1C#N. The molecule has 0 saturated carbocycles. The predicted octanol–water partition coefficient (Wildman–Crippen LogP) is 1.20. The van der Waals surface area contributed by atoms with Crippen LogP contribution in [0.25, 0.3) is 0 Å². The van der Waals surface area contributed by atoms with Crippen molar-refractivity contribution in [2.75, 3.05) is 32.1 Å². The van der Waals surface area contributed by atoms with Crippen molar-refractivity contribution in [1.29, 1.82) is 5.26 Å². The van der Waals surface area contributed by atoms with Crippen LogP contribution >= 0.6 is 0 Å². The lowest BCUT2D eigenvalue weighted by molar-refractivity contribution is -0.116. The number of hydrogen-bond donors (Lipinski definition) is 2. The van der Waals surface area contributed by atoms with Crippen molar-refractivity contribution >= 4 is 11.6 Å². The first-order valence-corrected chi connectivity index (χ1v) is 6.25. The summed E-state index contributed by atoms with van der Waals surface area (Å²) in [5.74, 6) is -0.0971. The van der Waals surface area contributed by atoms with E-state index in [1.54, 1.807) is 24.3 Å². The van der Waals surface area contributed by atoms with Gasteiger partial charge in [0.2, 0.25) is 5.91 Å². The van der Waals surface area contributed by atoms with E-state index in [4.69, 9.17) is 10.4 Å². The van der Waals surface area contributed by atoms with Crippen LogP contribution in [0.5, 0.6) is 0 Å². The normalized spacial score (nSPS) is 10.2. The fourth-order valence-electron chi connectivity index (χ4n) is 1.69. The maximum absolute atomic E-state index is 11.7. The third kappa shape index (κ3) is 5.51. The fraction of sp³-hybridized carbons (Fsp3) is 0.429. The number of aliphatic hydroxyl groups excluding tert-OH is 1. The standard InChI is InChI=1S/C14H19N3O2/c1-17(9-10-18)8-4-7-14(19)16-13-6-3-2-5-12(13)11-15/h2-3,5-6,18H,4,7-10H2,1H3,(H,16,19). The monoisotopic (exact) mass is 261 g/mol. The van der Waals surface area contributed by atoms with Crippen LogP contribution < -0.4 is 5.32 Å². The van der Waals surface area contributed by atoms with Crippen LogP contribution in [0.4, 0.5) is 5.69 Å². The topological polar surface area (TPSA) is 76.4 Å². The van der Waals surface area contributed by atoms with Gasteiger partial charge in [0.05, 0.1) is 17.9 Å². The minimum Gasteiger partial charge on any atom is -0.395 e. The molecule has 0 saturated heterocycles. The van der Waals surface area contributed by atoms with Gasteiger partial charge in [-0.3, -0.25) is 4.79 Å². The van der Waals surface area contributed by atoms with Gasteiger partial charge in [0.15, 0.2) is 0 Å². The lowest BCUT2D eigenvalue weighted by Crippen LogP contribution is -2.24. The molecule has 0 radical (unpaired) electrons. The van der Waals surface area contributed by atoms with Gasteiger partial charge in [-0.05, 0) is 32.1 Å². The molecule has 0 heterocycles. The molecule has 0 aliphatic heterocycles. The summed E-state index contributed by atoms with van der Waals surface area (Å²) in [6.07, 6.45) is 1.12. The number of amides is 1. The van der Waals surface area contributed by atoms with E-state index in [-0.39, 0.29) is 12.5 Å². The van der Waals surface area contributed by atoms with Crippen LogP contribution in [0.3, 0.4) is 0 Å². The Balaban J connectivity index is 2.37. The molecule has 0 bridgehead atoms. The Bertz CT molecular complexity index is 454. The van der Waals surface area contributed by atoms with Crippen molar-refractivity contribution in [3.8, 4) is 6.07 Å². The molecule has 0 aliphatic rings. The molecule has 0 spiro atoms. The molecule has 19 heavy (non-hydrogen) atoms. The molecule has 5 heteroatoms. The number of para-hydroxylation sites is 1. The van der Waals surface area contributed by atoms with Crippen molar-refractivity contribution in [2.45, 2.75) is 12.8 Å². The summed E-state index contributed by atoms with van der Waals surface area (Å²) >= 11 is 0. The minimum absolute atomic E-state index is 0.0971. The summed E-state index contributed by atoms with van der Waals surface area (Å²) in [5, 5.41) is 20.4. The second kappa shape index (κ2) is 8.25. The van der Waals surface area contributed by atoms with E-state index in [0.717, 1.165) is 13.0 Å². The van der Waals surface area contributed by atoms with Gasteiger partial charge < -0.3 is 15.3 Å². The van der Waals surface area contributed by atoms with Crippen molar-refractivity contribution < 1.29 is 9.90 Å². The van der Waals surface area contributed by atoms with E-state index >= 15 is 0 Å². The molecule has 0 aromatic heterocycles. The zero-order valence-electron chi connectivity index (χ0n) is 11.1. The molecule has 0 atom stereocenters. The molecular weight excluding hydrogens is 242 g/mol. The highest BCUT2D eigenvalue weighted by atomic mass is 16.3. The van der Waals surface area contributed by atoms with Gasteiger partial charge in [-0.1, -0.05) is 12.1 Å². The third-order valence-electron chi connectivity index (χ3n) is 2.75. The Hall–Kier alpha value is -1.90. The summed E-state index contributed by atoms with van der Waals surface area (Å²) in [4.78, 5) is 13.7. The summed E-state index contributed by atoms with van der Waals surface area (Å²) in [7, 11) is 1.90. The number of carbonyl (C=O) groups excluding carboxylic acids is 1. The number of carbonyl (C=O) groups is 1. The van der Waals surface area contributed by atoms with Crippen molar-refractivity contribution in [3.63, 3.8) is 0 Å². The number of rotatable bonds is 7. The van der Waals surface area contributed by atoms with Crippen molar-refractivity contribution in [1.82, 2.24) is 4.90 Å². The molecule has 102 valence electrons. The summed E-state index contributed by atoms with van der Waals surface area (Å²) in [5.41, 5.74) is 1.02. The minimum atomic E-state index is -0.0971. The molecule has 0 fully saturated rings. The molecule has 5 nitrogen and oxygen atoms in total. The summed E-state index contributed by atoms with van der Waals surface area (Å²) in [6, 6.07) is 8.97. The Morgan fingerprint density at radius 3 is 2.84 bits per heavy atom. The third-order valence-corrected chi connectivity index (χ3v) is 2.75. The number of hydrogen-bond acceptors (Lipinski definition) is 4. The predicted molar refractivity (Wildman–Crippen MR) is 73.6 cm³/mol. The van der Waals surface area contributed by atoms with Crippen LogP contribution in [-0.4, -0.2) is 42.7 Å². The maximum atomic E-state index is 11.7. The maximum Gasteiger partial charge on any atom is 0.224 e. The average Bonchev–Trinajstić information content (AvgIpc) is 2.39. The summed E-state index contributed by atoms with van der Waals surface area (Å²) < 4.78 is 0. The van der Waals surface area contributed by atoms with Crippen LogP contribution in [0.15, 0.2) is 24.3 Å². The largest absolute Gasteiger partial charge is 0.395 e. The molecule has 2 N–H and O–H groups in total. The van der Waals surface area contributed by atoms with Gasteiger partial charge in [-0.15, -0.1) is 0 Å². The number of anilines is 1. The number of likely N-dealkylation sites (N-methyl/N-ethyl adjacent to an activating group) is 1. The Labute approximate surface area is 113 Å². The van der Waals surface area contributed by atoms with E-state index in [1.807, 2.05) is 18.0 Å².